The fraction of sp³-hybridized carbons (Fsp3) is 0.773. The van der Waals surface area contributed by atoms with Crippen molar-refractivity contribution in [2.45, 2.75) is 95.7 Å². The Balaban J connectivity index is 1.92. The monoisotopic (exact) mass is 378 g/mol. The maximum atomic E-state index is 11.7. The summed E-state index contributed by atoms with van der Waals surface area (Å²) in [7, 11) is 0. The average molecular weight is 379 g/mol. The quantitative estimate of drug-likeness (QED) is 0.451. The van der Waals surface area contributed by atoms with Gasteiger partial charge in [-0.3, -0.25) is 4.79 Å². The number of rotatable bonds is 2. The van der Waals surface area contributed by atoms with Crippen LogP contribution in [-0.4, -0.2) is 47.2 Å². The molecule has 2 fully saturated rings. The molecule has 0 amide bonds. The van der Waals surface area contributed by atoms with Crippen LogP contribution < -0.4 is 0 Å². The van der Waals surface area contributed by atoms with Gasteiger partial charge >= 0.3 is 5.97 Å². The topological polar surface area (TPSA) is 68.3 Å². The molecule has 1 N–H and O–H groups in total. The Morgan fingerprint density at radius 3 is 2.59 bits per heavy atom. The van der Waals surface area contributed by atoms with Crippen LogP contribution in [0, 0.1) is 5.92 Å². The van der Waals surface area contributed by atoms with E-state index in [-0.39, 0.29) is 23.8 Å². The number of fused-ring (bicyclic) bond motifs is 2. The second-order valence-corrected chi connectivity index (χ2v) is 9.00. The van der Waals surface area contributed by atoms with Crippen LogP contribution in [0.2, 0.25) is 0 Å². The predicted octanol–water partition coefficient (Wildman–Crippen LogP) is 3.70. The van der Waals surface area contributed by atoms with Crippen molar-refractivity contribution in [3.8, 4) is 0 Å². The van der Waals surface area contributed by atoms with Crippen LogP contribution in [0.5, 0.6) is 0 Å². The molecule has 2 saturated heterocycles. The molecule has 0 saturated carbocycles. The Morgan fingerprint density at radius 2 is 1.96 bits per heavy atom. The minimum absolute atomic E-state index is 0.0749. The van der Waals surface area contributed by atoms with Gasteiger partial charge in [-0.05, 0) is 64.9 Å². The van der Waals surface area contributed by atoms with E-state index in [1.807, 2.05) is 6.92 Å². The smallest absolute Gasteiger partial charge is 0.303 e. The molecule has 6 atom stereocenters. The van der Waals surface area contributed by atoms with Crippen molar-refractivity contribution in [3.05, 3.63) is 23.8 Å². The molecule has 0 aromatic rings. The molecular formula is C22H34O5. The number of aliphatic hydroxyl groups is 1. The van der Waals surface area contributed by atoms with Crippen molar-refractivity contribution >= 4 is 5.97 Å². The third-order valence-corrected chi connectivity index (χ3v) is 6.59. The lowest BCUT2D eigenvalue weighted by Crippen LogP contribution is -2.53. The number of hydrogen-bond acceptors (Lipinski definition) is 5. The second kappa shape index (κ2) is 7.69. The third kappa shape index (κ3) is 4.64. The number of carbonyl (C=O) groups is 1. The molecule has 27 heavy (non-hydrogen) atoms. The normalized spacial score (nSPS) is 45.1. The Bertz CT molecular complexity index is 620. The fourth-order valence-corrected chi connectivity index (χ4v) is 4.53. The molecule has 5 heteroatoms. The highest BCUT2D eigenvalue weighted by Crippen LogP contribution is 2.48. The van der Waals surface area contributed by atoms with Crippen LogP contribution in [0.15, 0.2) is 23.8 Å². The minimum atomic E-state index is -0.556. The maximum absolute atomic E-state index is 11.7. The first kappa shape index (κ1) is 20.6. The molecule has 0 unspecified atom stereocenters. The molecule has 3 rings (SSSR count). The van der Waals surface area contributed by atoms with Gasteiger partial charge in [-0.1, -0.05) is 18.2 Å². The van der Waals surface area contributed by atoms with E-state index in [1.165, 1.54) is 12.5 Å². The van der Waals surface area contributed by atoms with Crippen LogP contribution >= 0.6 is 0 Å². The van der Waals surface area contributed by atoms with E-state index in [9.17, 15) is 9.90 Å². The largest absolute Gasteiger partial charge is 0.459 e. The zero-order chi connectivity index (χ0) is 19.8. The second-order valence-electron chi connectivity index (χ2n) is 9.00. The lowest BCUT2D eigenvalue weighted by molar-refractivity contribution is -0.202. The molecule has 2 bridgehead atoms. The maximum Gasteiger partial charge on any atom is 0.303 e. The van der Waals surface area contributed by atoms with E-state index in [0.717, 1.165) is 31.4 Å². The standard InChI is InChI=1S/C22H34O5/c1-14-6-8-18(24)15(2)7-9-20(26-16(3)23)21(4)11-10-17(19(12-14)27-21)22(5)13-25-22/h12,17-20,24H,2,6-11,13H2,1,3-5H3/b14-12+/t17-,18+,19+,20-,21+,22+/m0/s1. The van der Waals surface area contributed by atoms with Crippen LogP contribution in [0.1, 0.15) is 66.2 Å². The summed E-state index contributed by atoms with van der Waals surface area (Å²) in [5, 5.41) is 10.4. The van der Waals surface area contributed by atoms with Gasteiger partial charge in [-0.2, -0.15) is 0 Å². The zero-order valence-electron chi connectivity index (χ0n) is 17.1. The number of allylic oxidation sites excluding steroid dienone is 1. The van der Waals surface area contributed by atoms with Crippen LogP contribution in [0.3, 0.4) is 0 Å². The number of hydrogen-bond donors (Lipinski definition) is 1. The number of aliphatic hydroxyl groups excluding tert-OH is 1. The van der Waals surface area contributed by atoms with Gasteiger partial charge in [-0.25, -0.2) is 0 Å². The highest BCUT2D eigenvalue weighted by atomic mass is 16.6. The van der Waals surface area contributed by atoms with Gasteiger partial charge in [0.1, 0.15) is 11.7 Å². The number of ether oxygens (including phenoxy) is 3. The number of epoxide rings is 1. The molecule has 152 valence electrons. The Labute approximate surface area is 162 Å². The first-order valence-electron chi connectivity index (χ1n) is 10.1. The minimum Gasteiger partial charge on any atom is -0.459 e. The molecule has 3 aliphatic rings. The number of carbonyl (C=O) groups excluding carboxylic acids is 1. The van der Waals surface area contributed by atoms with Crippen molar-refractivity contribution in [1.82, 2.24) is 0 Å². The molecule has 0 aromatic heterocycles. The van der Waals surface area contributed by atoms with E-state index in [1.54, 1.807) is 0 Å². The van der Waals surface area contributed by atoms with E-state index < -0.39 is 11.7 Å². The average Bonchev–Trinajstić information content (AvgIpc) is 3.33. The Hall–Kier alpha value is -1.17. The summed E-state index contributed by atoms with van der Waals surface area (Å²) in [5.74, 6) is -0.00713. The van der Waals surface area contributed by atoms with Gasteiger partial charge in [0, 0.05) is 12.8 Å². The molecule has 0 spiro atoms. The molecule has 5 nitrogen and oxygen atoms in total. The first-order valence-corrected chi connectivity index (χ1v) is 10.1. The third-order valence-electron chi connectivity index (χ3n) is 6.59. The van der Waals surface area contributed by atoms with Gasteiger partial charge in [0.05, 0.1) is 24.4 Å². The highest BCUT2D eigenvalue weighted by Gasteiger charge is 2.55. The highest BCUT2D eigenvalue weighted by molar-refractivity contribution is 5.66. The van der Waals surface area contributed by atoms with Crippen LogP contribution in [0.4, 0.5) is 0 Å². The summed E-state index contributed by atoms with van der Waals surface area (Å²) in [4.78, 5) is 11.7. The van der Waals surface area contributed by atoms with Crippen molar-refractivity contribution < 1.29 is 24.1 Å². The van der Waals surface area contributed by atoms with Crippen LogP contribution in [-0.2, 0) is 19.0 Å². The Kier molecular flexibility index (Phi) is 5.85. The summed E-state index contributed by atoms with van der Waals surface area (Å²) >= 11 is 0. The fourth-order valence-electron chi connectivity index (χ4n) is 4.53. The van der Waals surface area contributed by atoms with Gasteiger partial charge in [0.25, 0.3) is 0 Å². The van der Waals surface area contributed by atoms with Crippen molar-refractivity contribution in [1.29, 1.82) is 0 Å². The molecule has 0 radical (unpaired) electrons. The molecule has 0 aromatic carbocycles. The lowest BCUT2D eigenvalue weighted by Gasteiger charge is -2.47. The summed E-state index contributed by atoms with van der Waals surface area (Å²) in [6, 6.07) is 0. The van der Waals surface area contributed by atoms with Gasteiger partial charge in [0.2, 0.25) is 0 Å². The predicted molar refractivity (Wildman–Crippen MR) is 103 cm³/mol. The lowest BCUT2D eigenvalue weighted by atomic mass is 9.75. The first-order chi connectivity index (χ1) is 12.6. The zero-order valence-corrected chi connectivity index (χ0v) is 17.1. The van der Waals surface area contributed by atoms with Gasteiger partial charge in [-0.15, -0.1) is 0 Å². The summed E-state index contributed by atoms with van der Waals surface area (Å²) < 4.78 is 18.1. The van der Waals surface area contributed by atoms with Crippen molar-refractivity contribution in [2.24, 2.45) is 5.92 Å². The van der Waals surface area contributed by atoms with E-state index in [0.29, 0.717) is 25.2 Å². The van der Waals surface area contributed by atoms with Crippen LogP contribution in [0.25, 0.3) is 0 Å². The van der Waals surface area contributed by atoms with E-state index in [4.69, 9.17) is 14.2 Å². The molecule has 3 heterocycles. The molecule has 3 aliphatic heterocycles. The summed E-state index contributed by atoms with van der Waals surface area (Å²) in [6.45, 7) is 12.6. The SMILES string of the molecule is C=C1CC[C@H](OC(C)=O)[C@@]2(C)CC[C@H]([C@@]3(C)CO3)[C@@H](/C=C(\C)CC[C@H]1O)O2. The molecular weight excluding hydrogens is 344 g/mol. The Morgan fingerprint density at radius 1 is 1.26 bits per heavy atom. The van der Waals surface area contributed by atoms with Crippen molar-refractivity contribution in [2.75, 3.05) is 6.61 Å². The van der Waals surface area contributed by atoms with E-state index >= 15 is 0 Å². The van der Waals surface area contributed by atoms with Gasteiger partial charge in [0.15, 0.2) is 0 Å². The number of esters is 1. The van der Waals surface area contributed by atoms with Gasteiger partial charge < -0.3 is 19.3 Å². The van der Waals surface area contributed by atoms with Crippen molar-refractivity contribution in [3.63, 3.8) is 0 Å². The summed E-state index contributed by atoms with van der Waals surface area (Å²) in [5.41, 5.74) is 1.33. The van der Waals surface area contributed by atoms with E-state index in [2.05, 4.69) is 26.5 Å². The summed E-state index contributed by atoms with van der Waals surface area (Å²) in [6.07, 6.45) is 5.72. The molecule has 0 aliphatic carbocycles.